The third-order valence-corrected chi connectivity index (χ3v) is 6.31. The van der Waals surface area contributed by atoms with E-state index in [1.54, 1.807) is 0 Å². The second kappa shape index (κ2) is 6.28. The molecule has 1 saturated carbocycles. The molecule has 0 bridgehead atoms. The lowest BCUT2D eigenvalue weighted by Gasteiger charge is -2.51. The number of benzene rings is 1. The first kappa shape index (κ1) is 16.3. The summed E-state index contributed by atoms with van der Waals surface area (Å²) >= 11 is 0. The van der Waals surface area contributed by atoms with E-state index in [0.717, 1.165) is 50.6 Å². The second-order valence-electron chi connectivity index (χ2n) is 7.89. The molecule has 4 rings (SSSR count). The Balaban J connectivity index is 1.37. The molecule has 1 aromatic carbocycles. The Hall–Kier alpha value is -2.17. The number of nitrogens with zero attached hydrogens (tertiary/aromatic N) is 1. The molecule has 2 saturated heterocycles. The van der Waals surface area contributed by atoms with Gasteiger partial charge in [0.25, 0.3) is 0 Å². The smallest absolute Gasteiger partial charge is 0.234 e. The summed E-state index contributed by atoms with van der Waals surface area (Å²) in [5, 5.41) is 2.42. The fourth-order valence-corrected chi connectivity index (χ4v) is 4.73. The minimum absolute atomic E-state index is 0.173. The number of carbonyl (C=O) groups excluding carboxylic acids is 3. The van der Waals surface area contributed by atoms with Crippen LogP contribution < -0.4 is 10.2 Å². The standard InChI is InChI=1S/C20H24N2O3/c23-13-14-11-20(12-14)7-9-22(10-8-20)16-3-1-15(2-4-16)17-5-6-18(24)21-19(17)25/h1-4,13-14,17H,5-12H2,(H,21,24,25)/t17-/m1/s1. The van der Waals surface area contributed by atoms with E-state index >= 15 is 0 Å². The van der Waals surface area contributed by atoms with Crippen molar-refractivity contribution in [2.45, 2.75) is 44.4 Å². The number of hydrogen-bond acceptors (Lipinski definition) is 4. The predicted molar refractivity (Wildman–Crippen MR) is 94.2 cm³/mol. The zero-order valence-electron chi connectivity index (χ0n) is 14.4. The van der Waals surface area contributed by atoms with Crippen LogP contribution in [0, 0.1) is 11.3 Å². The molecule has 2 aliphatic heterocycles. The molecule has 25 heavy (non-hydrogen) atoms. The van der Waals surface area contributed by atoms with E-state index in [1.807, 2.05) is 12.1 Å². The van der Waals surface area contributed by atoms with Gasteiger partial charge in [0.2, 0.25) is 11.8 Å². The van der Waals surface area contributed by atoms with Gasteiger partial charge < -0.3 is 9.69 Å². The van der Waals surface area contributed by atoms with Crippen molar-refractivity contribution >= 4 is 23.8 Å². The highest BCUT2D eigenvalue weighted by molar-refractivity contribution is 6.00. The quantitative estimate of drug-likeness (QED) is 0.678. The van der Waals surface area contributed by atoms with Crippen molar-refractivity contribution in [3.05, 3.63) is 29.8 Å². The lowest BCUT2D eigenvalue weighted by molar-refractivity contribution is -0.134. The number of anilines is 1. The van der Waals surface area contributed by atoms with E-state index in [2.05, 4.69) is 22.3 Å². The Labute approximate surface area is 147 Å². The Morgan fingerprint density at radius 2 is 1.76 bits per heavy atom. The van der Waals surface area contributed by atoms with Crippen LogP contribution in [0.5, 0.6) is 0 Å². The molecule has 0 radical (unpaired) electrons. The number of nitrogens with one attached hydrogen (secondary N) is 1. The van der Waals surface area contributed by atoms with Crippen LogP contribution in [0.25, 0.3) is 0 Å². The van der Waals surface area contributed by atoms with Crippen LogP contribution in [0.15, 0.2) is 24.3 Å². The molecule has 1 spiro atoms. The van der Waals surface area contributed by atoms with Gasteiger partial charge in [0, 0.05) is 31.1 Å². The van der Waals surface area contributed by atoms with Gasteiger partial charge in [-0.1, -0.05) is 12.1 Å². The highest BCUT2D eigenvalue weighted by Gasteiger charge is 2.45. The summed E-state index contributed by atoms with van der Waals surface area (Å²) in [5.74, 6) is -0.280. The molecule has 1 aliphatic carbocycles. The van der Waals surface area contributed by atoms with Gasteiger partial charge >= 0.3 is 0 Å². The minimum Gasteiger partial charge on any atom is -0.371 e. The highest BCUT2D eigenvalue weighted by Crippen LogP contribution is 2.52. The summed E-state index contributed by atoms with van der Waals surface area (Å²) in [4.78, 5) is 36.5. The van der Waals surface area contributed by atoms with Crippen LogP contribution in [0.1, 0.15) is 50.0 Å². The maximum Gasteiger partial charge on any atom is 0.234 e. The molecular weight excluding hydrogens is 316 g/mol. The average molecular weight is 340 g/mol. The van der Waals surface area contributed by atoms with Gasteiger partial charge in [-0.3, -0.25) is 14.9 Å². The number of imide groups is 1. The Morgan fingerprint density at radius 3 is 2.36 bits per heavy atom. The number of aldehydes is 1. The van der Waals surface area contributed by atoms with Gasteiger partial charge in [0.15, 0.2) is 0 Å². The van der Waals surface area contributed by atoms with Crippen molar-refractivity contribution in [2.75, 3.05) is 18.0 Å². The van der Waals surface area contributed by atoms with Gasteiger partial charge in [-0.15, -0.1) is 0 Å². The van der Waals surface area contributed by atoms with Crippen molar-refractivity contribution in [3.63, 3.8) is 0 Å². The van der Waals surface area contributed by atoms with E-state index in [4.69, 9.17) is 0 Å². The molecule has 0 unspecified atom stereocenters. The van der Waals surface area contributed by atoms with Crippen molar-refractivity contribution in [2.24, 2.45) is 11.3 Å². The number of amides is 2. The normalized spacial score (nSPS) is 26.2. The Kier molecular flexibility index (Phi) is 4.10. The van der Waals surface area contributed by atoms with Gasteiger partial charge in [0.05, 0.1) is 5.92 Å². The van der Waals surface area contributed by atoms with Gasteiger partial charge in [0.1, 0.15) is 6.29 Å². The molecule has 2 heterocycles. The van der Waals surface area contributed by atoms with Crippen LogP contribution in [0.2, 0.25) is 0 Å². The van der Waals surface area contributed by atoms with Gasteiger partial charge in [-0.05, 0) is 55.2 Å². The van der Waals surface area contributed by atoms with Crippen molar-refractivity contribution in [3.8, 4) is 0 Å². The molecular formula is C20H24N2O3. The maximum atomic E-state index is 12.0. The average Bonchev–Trinajstić information content (AvgIpc) is 2.60. The minimum atomic E-state index is -0.216. The third-order valence-electron chi connectivity index (χ3n) is 6.31. The first-order chi connectivity index (χ1) is 12.1. The summed E-state index contributed by atoms with van der Waals surface area (Å²) in [6.07, 6.45) is 6.57. The molecule has 1 atom stereocenters. The van der Waals surface area contributed by atoms with E-state index < -0.39 is 0 Å². The second-order valence-corrected chi connectivity index (χ2v) is 7.89. The zero-order valence-corrected chi connectivity index (χ0v) is 14.4. The molecule has 0 aromatic heterocycles. The first-order valence-electron chi connectivity index (χ1n) is 9.22. The van der Waals surface area contributed by atoms with Crippen molar-refractivity contribution in [1.82, 2.24) is 5.32 Å². The fourth-order valence-electron chi connectivity index (χ4n) is 4.73. The number of rotatable bonds is 3. The van der Waals surface area contributed by atoms with Crippen LogP contribution in [0.4, 0.5) is 5.69 Å². The zero-order chi connectivity index (χ0) is 17.4. The van der Waals surface area contributed by atoms with Gasteiger partial charge in [-0.25, -0.2) is 0 Å². The summed E-state index contributed by atoms with van der Waals surface area (Å²) in [6, 6.07) is 8.22. The van der Waals surface area contributed by atoms with Crippen LogP contribution in [0.3, 0.4) is 0 Å². The number of hydrogen-bond donors (Lipinski definition) is 1. The SMILES string of the molecule is O=CC1CC2(CCN(c3ccc([C@H]4CCC(=O)NC4=O)cc3)CC2)C1. The van der Waals surface area contributed by atoms with E-state index in [1.165, 1.54) is 5.69 Å². The molecule has 1 N–H and O–H groups in total. The summed E-state index contributed by atoms with van der Waals surface area (Å²) in [5.41, 5.74) is 2.58. The van der Waals surface area contributed by atoms with Crippen molar-refractivity contribution in [1.29, 1.82) is 0 Å². The summed E-state index contributed by atoms with van der Waals surface area (Å²) < 4.78 is 0. The van der Waals surface area contributed by atoms with Gasteiger partial charge in [-0.2, -0.15) is 0 Å². The topological polar surface area (TPSA) is 66.5 Å². The lowest BCUT2D eigenvalue weighted by atomic mass is 9.58. The number of piperidine rings is 2. The lowest BCUT2D eigenvalue weighted by Crippen LogP contribution is -2.47. The fraction of sp³-hybridized carbons (Fsp3) is 0.550. The van der Waals surface area contributed by atoms with E-state index in [-0.39, 0.29) is 17.7 Å². The molecule has 132 valence electrons. The van der Waals surface area contributed by atoms with Crippen LogP contribution in [-0.2, 0) is 14.4 Å². The van der Waals surface area contributed by atoms with Crippen LogP contribution >= 0.6 is 0 Å². The highest BCUT2D eigenvalue weighted by atomic mass is 16.2. The third kappa shape index (κ3) is 3.08. The molecule has 2 amide bonds. The maximum absolute atomic E-state index is 12.0. The molecule has 3 fully saturated rings. The molecule has 1 aromatic rings. The van der Waals surface area contributed by atoms with Crippen molar-refractivity contribution < 1.29 is 14.4 Å². The van der Waals surface area contributed by atoms with E-state index in [0.29, 0.717) is 24.2 Å². The number of carbonyl (C=O) groups is 3. The van der Waals surface area contributed by atoms with Crippen LogP contribution in [-0.4, -0.2) is 31.2 Å². The monoisotopic (exact) mass is 340 g/mol. The first-order valence-corrected chi connectivity index (χ1v) is 9.22. The Bertz CT molecular complexity index is 681. The Morgan fingerprint density at radius 1 is 1.08 bits per heavy atom. The molecule has 5 heteroatoms. The predicted octanol–water partition coefficient (Wildman–Crippen LogP) is 2.40. The largest absolute Gasteiger partial charge is 0.371 e. The summed E-state index contributed by atoms with van der Waals surface area (Å²) in [7, 11) is 0. The molecule has 3 aliphatic rings. The summed E-state index contributed by atoms with van der Waals surface area (Å²) in [6.45, 7) is 2.06. The molecule has 5 nitrogen and oxygen atoms in total. The van der Waals surface area contributed by atoms with E-state index in [9.17, 15) is 14.4 Å².